The predicted molar refractivity (Wildman–Crippen MR) is 55.5 cm³/mol. The molecule has 5 nitrogen and oxygen atoms in total. The van der Waals surface area contributed by atoms with Gasteiger partial charge in [0.1, 0.15) is 0 Å². The summed E-state index contributed by atoms with van der Waals surface area (Å²) < 4.78 is 0. The molecular weight excluding hydrogens is 231 g/mol. The predicted octanol–water partition coefficient (Wildman–Crippen LogP) is -2.51. The van der Waals surface area contributed by atoms with Crippen molar-refractivity contribution in [3.8, 4) is 0 Å². The smallest absolute Gasteiger partial charge is 1.00 e. The maximum atomic E-state index is 10.4. The second kappa shape index (κ2) is 8.75. The molecule has 0 saturated heterocycles. The minimum atomic E-state index is -1.13. The monoisotopic (exact) mass is 242 g/mol. The number of hydrogen-bond donors (Lipinski definition) is 2. The third-order valence-corrected chi connectivity index (χ3v) is 1.36. The van der Waals surface area contributed by atoms with Crippen molar-refractivity contribution in [1.29, 1.82) is 0 Å². The maximum absolute atomic E-state index is 10.4. The molecule has 80 valence electrons. The number of aromatic carboxylic acids is 2. The summed E-state index contributed by atoms with van der Waals surface area (Å²) in [6.07, 6.45) is 0. The van der Waals surface area contributed by atoms with E-state index in [0.29, 0.717) is 0 Å². The summed E-state index contributed by atoms with van der Waals surface area (Å²) in [5, 5.41) is 17.0. The van der Waals surface area contributed by atoms with Crippen LogP contribution in [0.2, 0.25) is 0 Å². The van der Waals surface area contributed by atoms with E-state index in [1.54, 1.807) is 0 Å². The molecule has 0 saturated carbocycles. The van der Waals surface area contributed by atoms with E-state index in [0.717, 1.165) is 6.07 Å². The summed E-state index contributed by atoms with van der Waals surface area (Å²) in [7, 11) is 0. The molecule has 0 fully saturated rings. The maximum Gasteiger partial charge on any atom is 1.00 e. The Hall–Kier alpha value is -0.530. The first-order valence-electron chi connectivity index (χ1n) is 3.18. The van der Waals surface area contributed by atoms with Crippen molar-refractivity contribution in [3.63, 3.8) is 0 Å². The van der Waals surface area contributed by atoms with Crippen LogP contribution >= 0.6 is 13.5 Å². The number of benzene rings is 1. The number of hydrogen-bond acceptors (Lipinski definition) is 2. The van der Waals surface area contributed by atoms with Crippen LogP contribution in [-0.2, 0) is 0 Å². The number of rotatable bonds is 2. The van der Waals surface area contributed by atoms with Crippen LogP contribution in [0, 0.1) is 0 Å². The van der Waals surface area contributed by atoms with E-state index in [4.69, 9.17) is 10.2 Å². The molecule has 15 heavy (non-hydrogen) atoms. The van der Waals surface area contributed by atoms with Gasteiger partial charge in [0.15, 0.2) is 0 Å². The van der Waals surface area contributed by atoms with Crippen molar-refractivity contribution in [2.24, 2.45) is 0 Å². The number of carbonyl (C=O) groups is 2. The zero-order valence-electron chi connectivity index (χ0n) is 9.02. The summed E-state index contributed by atoms with van der Waals surface area (Å²) in [5.74, 6) is -2.25. The number of carboxylic acid groups (broad SMARTS) is 2. The number of carboxylic acids is 2. The van der Waals surface area contributed by atoms with Gasteiger partial charge in [0.25, 0.3) is 0 Å². The van der Waals surface area contributed by atoms with Crippen LogP contribution < -0.4 is 29.6 Å². The van der Waals surface area contributed by atoms with Crippen molar-refractivity contribution in [3.05, 3.63) is 35.4 Å². The van der Waals surface area contributed by atoms with Gasteiger partial charge in [-0.05, 0) is 18.2 Å². The Balaban J connectivity index is -0.000000180. The van der Waals surface area contributed by atoms with E-state index in [9.17, 15) is 9.59 Å². The van der Waals surface area contributed by atoms with Crippen LogP contribution in [0.25, 0.3) is 0 Å². The fraction of sp³-hybridized carbons (Fsp3) is 0. The molecule has 0 aromatic heterocycles. The van der Waals surface area contributed by atoms with E-state index in [-0.39, 0.29) is 61.1 Å². The topological polar surface area (TPSA) is 106 Å². The quantitative estimate of drug-likeness (QED) is 0.558. The molecule has 0 spiro atoms. The molecule has 1 aromatic rings. The van der Waals surface area contributed by atoms with Gasteiger partial charge in [-0.25, -0.2) is 9.59 Å². The molecule has 0 aliphatic heterocycles. The molecule has 0 heterocycles. The van der Waals surface area contributed by atoms with Crippen LogP contribution in [0.5, 0.6) is 0 Å². The minimum Gasteiger partial charge on any atom is -1.00 e. The molecule has 4 N–H and O–H groups in total. The van der Waals surface area contributed by atoms with Gasteiger partial charge in [-0.1, -0.05) is 6.07 Å². The summed E-state index contributed by atoms with van der Waals surface area (Å²) in [5.41, 5.74) is -0.0372. The molecule has 1 rings (SSSR count). The summed E-state index contributed by atoms with van der Waals surface area (Å²) in [4.78, 5) is 20.8. The summed E-state index contributed by atoms with van der Waals surface area (Å²) in [6.45, 7) is 0. The molecule has 0 aliphatic rings. The van der Waals surface area contributed by atoms with E-state index in [2.05, 4.69) is 0 Å². The van der Waals surface area contributed by atoms with Crippen molar-refractivity contribution in [1.82, 2.24) is 0 Å². The van der Waals surface area contributed by atoms with Crippen LogP contribution in [0.3, 0.4) is 0 Å². The molecule has 0 bridgehead atoms. The van der Waals surface area contributed by atoms with Crippen LogP contribution in [-0.4, -0.2) is 27.6 Å². The van der Waals surface area contributed by atoms with E-state index < -0.39 is 11.9 Å². The van der Waals surface area contributed by atoms with Crippen LogP contribution in [0.1, 0.15) is 22.1 Å². The van der Waals surface area contributed by atoms with Crippen LogP contribution in [0.15, 0.2) is 24.3 Å². The Bertz CT molecular complexity index is 318. The van der Waals surface area contributed by atoms with Gasteiger partial charge in [-0.15, -0.1) is 0 Å². The second-order valence-corrected chi connectivity index (χ2v) is 2.19. The standard InChI is InChI=1S/C8H6O4.Na.H2O.H2S.H/c9-7(10)5-2-1-3-6(4-5)8(11)12;;;;/h1-4H,(H,9,10)(H,11,12);;2*1H2;/q;+1;;;-1. The molecule has 0 amide bonds. The van der Waals surface area contributed by atoms with Gasteiger partial charge < -0.3 is 17.1 Å². The van der Waals surface area contributed by atoms with Gasteiger partial charge >= 0.3 is 41.5 Å². The van der Waals surface area contributed by atoms with Gasteiger partial charge in [-0.2, -0.15) is 13.5 Å². The van der Waals surface area contributed by atoms with Crippen molar-refractivity contribution < 1.29 is 56.3 Å². The van der Waals surface area contributed by atoms with Crippen molar-refractivity contribution >= 4 is 25.4 Å². The van der Waals surface area contributed by atoms with E-state index >= 15 is 0 Å². The molecule has 1 aromatic carbocycles. The van der Waals surface area contributed by atoms with Gasteiger partial charge in [0.2, 0.25) is 0 Å². The first-order valence-corrected chi connectivity index (χ1v) is 3.18. The van der Waals surface area contributed by atoms with Crippen LogP contribution in [0.4, 0.5) is 0 Å². The second-order valence-electron chi connectivity index (χ2n) is 2.19. The first-order chi connectivity index (χ1) is 5.61. The minimum absolute atomic E-state index is 0. The molecule has 0 aliphatic carbocycles. The van der Waals surface area contributed by atoms with Crippen molar-refractivity contribution in [2.75, 3.05) is 0 Å². The zero-order valence-corrected chi connectivity index (χ0v) is 11.0. The Labute approximate surface area is 117 Å². The molecular formula is C8H11NaO5S. The Morgan fingerprint density at radius 3 is 1.67 bits per heavy atom. The average molecular weight is 242 g/mol. The Morgan fingerprint density at radius 1 is 1.07 bits per heavy atom. The van der Waals surface area contributed by atoms with Gasteiger partial charge in [0, 0.05) is 0 Å². The van der Waals surface area contributed by atoms with Gasteiger partial charge in [0.05, 0.1) is 11.1 Å². The zero-order chi connectivity index (χ0) is 9.14. The summed E-state index contributed by atoms with van der Waals surface area (Å²) >= 11 is 0. The Kier molecular flexibility index (Phi) is 11.6. The molecule has 0 unspecified atom stereocenters. The van der Waals surface area contributed by atoms with Crippen molar-refractivity contribution in [2.45, 2.75) is 0 Å². The average Bonchev–Trinajstić information content (AvgIpc) is 2.04. The normalized spacial score (nSPS) is 7.47. The first kappa shape index (κ1) is 20.0. The van der Waals surface area contributed by atoms with E-state index in [1.165, 1.54) is 18.2 Å². The SMILES string of the molecule is O.O=C(O)c1cccc(C(=O)O)c1.S.[H-].[Na+]. The summed E-state index contributed by atoms with van der Waals surface area (Å²) in [6, 6.07) is 5.20. The fourth-order valence-electron chi connectivity index (χ4n) is 0.785. The largest absolute Gasteiger partial charge is 1.00 e. The van der Waals surface area contributed by atoms with E-state index in [1.807, 2.05) is 0 Å². The van der Waals surface area contributed by atoms with Gasteiger partial charge in [-0.3, -0.25) is 0 Å². The fourth-order valence-corrected chi connectivity index (χ4v) is 0.785. The Morgan fingerprint density at radius 2 is 1.40 bits per heavy atom. The molecule has 0 atom stereocenters. The molecule has 7 heteroatoms. The third kappa shape index (κ3) is 5.81. The third-order valence-electron chi connectivity index (χ3n) is 1.36. The molecule has 0 radical (unpaired) electrons.